The molecule has 1 N–H and O–H groups in total. The largest absolute Gasteiger partial charge is 0.452 e. The van der Waals surface area contributed by atoms with Gasteiger partial charge in [-0.05, 0) is 38.0 Å². The average molecular weight is 355 g/mol. The zero-order chi connectivity index (χ0) is 18.6. The van der Waals surface area contributed by atoms with E-state index in [9.17, 15) is 14.0 Å². The molecule has 2 aromatic carbocycles. The number of amides is 1. The summed E-state index contributed by atoms with van der Waals surface area (Å²) in [6.07, 6.45) is 1.74. The predicted molar refractivity (Wildman–Crippen MR) is 97.2 cm³/mol. The number of esters is 1. The molecule has 1 aliphatic carbocycles. The number of para-hydroxylation sites is 1. The van der Waals surface area contributed by atoms with Gasteiger partial charge in [-0.15, -0.1) is 0 Å². The van der Waals surface area contributed by atoms with Crippen molar-refractivity contribution in [3.63, 3.8) is 0 Å². The second-order valence-electron chi connectivity index (χ2n) is 6.67. The molecule has 0 aliphatic heterocycles. The fourth-order valence-corrected chi connectivity index (χ4v) is 3.50. The lowest BCUT2D eigenvalue weighted by atomic mass is 9.78. The van der Waals surface area contributed by atoms with Crippen molar-refractivity contribution in [2.75, 3.05) is 5.32 Å². The van der Waals surface area contributed by atoms with Crippen LogP contribution in [0.2, 0.25) is 0 Å². The number of carbonyl (C=O) groups is 2. The normalized spacial score (nSPS) is 16.7. The third kappa shape index (κ3) is 3.62. The summed E-state index contributed by atoms with van der Waals surface area (Å²) in [5, 5.41) is 2.71. The molecule has 1 atom stereocenters. The summed E-state index contributed by atoms with van der Waals surface area (Å²) in [4.78, 5) is 25.2. The van der Waals surface area contributed by atoms with Crippen LogP contribution in [0.3, 0.4) is 0 Å². The lowest BCUT2D eigenvalue weighted by Crippen LogP contribution is -2.40. The molecule has 26 heavy (non-hydrogen) atoms. The Labute approximate surface area is 152 Å². The van der Waals surface area contributed by atoms with Crippen molar-refractivity contribution in [1.82, 2.24) is 0 Å². The Morgan fingerprint density at radius 2 is 1.65 bits per heavy atom. The number of hydrogen-bond acceptors (Lipinski definition) is 3. The van der Waals surface area contributed by atoms with Gasteiger partial charge >= 0.3 is 5.97 Å². The van der Waals surface area contributed by atoms with E-state index >= 15 is 0 Å². The first-order valence-corrected chi connectivity index (χ1v) is 8.85. The van der Waals surface area contributed by atoms with Crippen LogP contribution in [-0.4, -0.2) is 18.0 Å². The van der Waals surface area contributed by atoms with Crippen molar-refractivity contribution in [3.05, 3.63) is 66.0 Å². The number of halogens is 1. The molecule has 3 rings (SSSR count). The van der Waals surface area contributed by atoms with Crippen LogP contribution in [0.5, 0.6) is 0 Å². The van der Waals surface area contributed by atoms with Gasteiger partial charge in [-0.3, -0.25) is 9.59 Å². The van der Waals surface area contributed by atoms with E-state index < -0.39 is 29.2 Å². The lowest BCUT2D eigenvalue weighted by molar-refractivity contribution is -0.159. The number of hydrogen-bond donors (Lipinski definition) is 1. The van der Waals surface area contributed by atoms with Crippen molar-refractivity contribution in [3.8, 4) is 0 Å². The topological polar surface area (TPSA) is 55.4 Å². The van der Waals surface area contributed by atoms with E-state index in [1.165, 1.54) is 13.0 Å². The maximum atomic E-state index is 14.3. The van der Waals surface area contributed by atoms with Crippen LogP contribution < -0.4 is 5.32 Å². The molecule has 0 aromatic heterocycles. The Morgan fingerprint density at radius 1 is 1.04 bits per heavy atom. The van der Waals surface area contributed by atoms with Crippen LogP contribution in [-0.2, 0) is 19.7 Å². The molecule has 2 aromatic rings. The summed E-state index contributed by atoms with van der Waals surface area (Å²) < 4.78 is 19.8. The molecule has 0 heterocycles. The zero-order valence-electron chi connectivity index (χ0n) is 14.7. The molecule has 0 saturated heterocycles. The zero-order valence-corrected chi connectivity index (χ0v) is 14.7. The first kappa shape index (κ1) is 18.1. The standard InChI is InChI=1S/C21H22FNO3/c1-15(19(24)23-16-9-3-2-4-10-16)26-20(25)21(13-7-8-14-21)17-11-5-6-12-18(17)22/h2-6,9-12,15H,7-8,13-14H2,1H3,(H,23,24). The van der Waals surface area contributed by atoms with E-state index in [4.69, 9.17) is 4.74 Å². The van der Waals surface area contributed by atoms with Crippen LogP contribution in [0.25, 0.3) is 0 Å². The van der Waals surface area contributed by atoms with Crippen molar-refractivity contribution >= 4 is 17.6 Å². The number of nitrogens with one attached hydrogen (secondary N) is 1. The van der Waals surface area contributed by atoms with E-state index in [2.05, 4.69) is 5.32 Å². The van der Waals surface area contributed by atoms with E-state index in [-0.39, 0.29) is 0 Å². The molecule has 1 aliphatic rings. The highest BCUT2D eigenvalue weighted by Gasteiger charge is 2.46. The van der Waals surface area contributed by atoms with Gasteiger partial charge in [-0.2, -0.15) is 0 Å². The minimum Gasteiger partial charge on any atom is -0.452 e. The van der Waals surface area contributed by atoms with Crippen molar-refractivity contribution in [2.45, 2.75) is 44.1 Å². The van der Waals surface area contributed by atoms with Gasteiger partial charge in [0, 0.05) is 11.3 Å². The number of rotatable bonds is 5. The molecule has 1 unspecified atom stereocenters. The van der Waals surface area contributed by atoms with Crippen molar-refractivity contribution < 1.29 is 18.7 Å². The van der Waals surface area contributed by atoms with Gasteiger partial charge in [0.2, 0.25) is 0 Å². The maximum absolute atomic E-state index is 14.3. The van der Waals surface area contributed by atoms with Gasteiger partial charge in [-0.1, -0.05) is 49.2 Å². The molecule has 5 heteroatoms. The monoisotopic (exact) mass is 355 g/mol. The van der Waals surface area contributed by atoms with E-state index in [0.29, 0.717) is 24.1 Å². The van der Waals surface area contributed by atoms with Crippen LogP contribution in [0, 0.1) is 5.82 Å². The maximum Gasteiger partial charge on any atom is 0.317 e. The van der Waals surface area contributed by atoms with Crippen molar-refractivity contribution in [1.29, 1.82) is 0 Å². The predicted octanol–water partition coefficient (Wildman–Crippen LogP) is 4.21. The molecular weight excluding hydrogens is 333 g/mol. The minimum absolute atomic E-state index is 0.359. The molecule has 1 saturated carbocycles. The fourth-order valence-electron chi connectivity index (χ4n) is 3.50. The highest BCUT2D eigenvalue weighted by atomic mass is 19.1. The number of benzene rings is 2. The summed E-state index contributed by atoms with van der Waals surface area (Å²) in [7, 11) is 0. The molecule has 4 nitrogen and oxygen atoms in total. The van der Waals surface area contributed by atoms with Crippen LogP contribution in [0.15, 0.2) is 54.6 Å². The Kier molecular flexibility index (Phi) is 5.35. The van der Waals surface area contributed by atoms with Crippen LogP contribution in [0.4, 0.5) is 10.1 Å². The number of ether oxygens (including phenoxy) is 1. The third-order valence-electron chi connectivity index (χ3n) is 4.93. The molecule has 0 spiro atoms. The van der Waals surface area contributed by atoms with E-state index in [1.807, 2.05) is 6.07 Å². The van der Waals surface area contributed by atoms with Gasteiger partial charge in [0.15, 0.2) is 6.10 Å². The SMILES string of the molecule is CC(OC(=O)C1(c2ccccc2F)CCCC1)C(=O)Nc1ccccc1. The highest BCUT2D eigenvalue weighted by Crippen LogP contribution is 2.43. The Hall–Kier alpha value is -2.69. The first-order chi connectivity index (χ1) is 12.5. The lowest BCUT2D eigenvalue weighted by Gasteiger charge is -2.29. The Bertz CT molecular complexity index is 785. The summed E-state index contributed by atoms with van der Waals surface area (Å²) in [5.74, 6) is -1.35. The first-order valence-electron chi connectivity index (χ1n) is 8.85. The number of anilines is 1. The molecular formula is C21H22FNO3. The second kappa shape index (κ2) is 7.68. The quantitative estimate of drug-likeness (QED) is 0.818. The molecule has 0 radical (unpaired) electrons. The summed E-state index contributed by atoms with van der Waals surface area (Å²) in [6, 6.07) is 15.3. The smallest absolute Gasteiger partial charge is 0.317 e. The van der Waals surface area contributed by atoms with Gasteiger partial charge in [-0.25, -0.2) is 4.39 Å². The van der Waals surface area contributed by atoms with Crippen molar-refractivity contribution in [2.24, 2.45) is 0 Å². The number of carbonyl (C=O) groups excluding carboxylic acids is 2. The van der Waals surface area contributed by atoms with Gasteiger partial charge in [0.05, 0.1) is 5.41 Å². The van der Waals surface area contributed by atoms with E-state index in [1.54, 1.807) is 42.5 Å². The Morgan fingerprint density at radius 3 is 2.31 bits per heavy atom. The average Bonchev–Trinajstić information content (AvgIpc) is 3.14. The van der Waals surface area contributed by atoms with Crippen LogP contribution in [0.1, 0.15) is 38.2 Å². The van der Waals surface area contributed by atoms with Gasteiger partial charge in [0.1, 0.15) is 5.82 Å². The Balaban J connectivity index is 1.74. The molecule has 0 bridgehead atoms. The van der Waals surface area contributed by atoms with Gasteiger partial charge in [0.25, 0.3) is 5.91 Å². The fraction of sp³-hybridized carbons (Fsp3) is 0.333. The summed E-state index contributed by atoms with van der Waals surface area (Å²) in [6.45, 7) is 1.53. The molecule has 1 fully saturated rings. The molecule has 136 valence electrons. The summed E-state index contributed by atoms with van der Waals surface area (Å²) in [5.41, 5.74) is -0.0182. The second-order valence-corrected chi connectivity index (χ2v) is 6.67. The third-order valence-corrected chi connectivity index (χ3v) is 4.93. The summed E-state index contributed by atoms with van der Waals surface area (Å²) >= 11 is 0. The highest BCUT2D eigenvalue weighted by molar-refractivity contribution is 5.96. The van der Waals surface area contributed by atoms with Gasteiger partial charge < -0.3 is 10.1 Å². The molecule has 1 amide bonds. The van der Waals surface area contributed by atoms with E-state index in [0.717, 1.165) is 12.8 Å². The minimum atomic E-state index is -1.01. The van der Waals surface area contributed by atoms with Crippen LogP contribution >= 0.6 is 0 Å².